The van der Waals surface area contributed by atoms with Crippen molar-refractivity contribution in [2.45, 2.75) is 0 Å². The molecule has 4 heteroatoms. The van der Waals surface area contributed by atoms with E-state index in [1.54, 1.807) is 24.3 Å². The van der Waals surface area contributed by atoms with Gasteiger partial charge in [-0.15, -0.1) is 0 Å². The van der Waals surface area contributed by atoms with Gasteiger partial charge in [-0.1, -0.05) is 23.7 Å². The minimum atomic E-state index is -0.136. The number of fused-ring (bicyclic) bond motifs is 1. The van der Waals surface area contributed by atoms with E-state index in [1.165, 1.54) is 6.07 Å². The molecule has 0 fully saturated rings. The Bertz CT molecular complexity index is 824. The summed E-state index contributed by atoms with van der Waals surface area (Å²) >= 11 is 6.11. The minimum absolute atomic E-state index is 0.136. The van der Waals surface area contributed by atoms with Crippen LogP contribution in [0.4, 0.5) is 5.69 Å². The molecule has 19 heavy (non-hydrogen) atoms. The number of halogens is 1. The van der Waals surface area contributed by atoms with Crippen molar-refractivity contribution >= 4 is 28.3 Å². The maximum absolute atomic E-state index is 12.1. The summed E-state index contributed by atoms with van der Waals surface area (Å²) in [4.78, 5) is 12.1. The van der Waals surface area contributed by atoms with Crippen molar-refractivity contribution in [1.82, 2.24) is 0 Å². The first kappa shape index (κ1) is 11.8. The second kappa shape index (κ2) is 4.44. The van der Waals surface area contributed by atoms with E-state index in [4.69, 9.17) is 21.8 Å². The average Bonchev–Trinajstić information content (AvgIpc) is 2.40. The fourth-order valence-corrected chi connectivity index (χ4v) is 2.20. The Morgan fingerprint density at radius 3 is 2.63 bits per heavy atom. The summed E-state index contributed by atoms with van der Waals surface area (Å²) in [5, 5.41) is 1.01. The van der Waals surface area contributed by atoms with Crippen molar-refractivity contribution < 1.29 is 4.42 Å². The fraction of sp³-hybridized carbons (Fsp3) is 0. The minimum Gasteiger partial charge on any atom is -0.456 e. The van der Waals surface area contributed by atoms with Crippen LogP contribution in [0.5, 0.6) is 0 Å². The van der Waals surface area contributed by atoms with Gasteiger partial charge in [0.2, 0.25) is 0 Å². The van der Waals surface area contributed by atoms with E-state index in [1.807, 2.05) is 18.2 Å². The zero-order chi connectivity index (χ0) is 13.4. The Balaban J connectivity index is 2.31. The van der Waals surface area contributed by atoms with Gasteiger partial charge in [-0.2, -0.15) is 0 Å². The van der Waals surface area contributed by atoms with Gasteiger partial charge in [-0.25, -0.2) is 0 Å². The summed E-state index contributed by atoms with van der Waals surface area (Å²) in [6, 6.07) is 13.7. The molecule has 0 aliphatic rings. The number of benzene rings is 2. The van der Waals surface area contributed by atoms with Crippen LogP contribution < -0.4 is 11.2 Å². The molecule has 0 saturated heterocycles. The molecule has 2 aromatic carbocycles. The highest BCUT2D eigenvalue weighted by Crippen LogP contribution is 2.28. The van der Waals surface area contributed by atoms with E-state index in [0.717, 1.165) is 0 Å². The maximum Gasteiger partial charge on any atom is 0.193 e. The van der Waals surface area contributed by atoms with E-state index in [0.29, 0.717) is 33.0 Å². The molecule has 0 spiro atoms. The quantitative estimate of drug-likeness (QED) is 0.687. The van der Waals surface area contributed by atoms with E-state index in [-0.39, 0.29) is 5.43 Å². The Kier molecular flexibility index (Phi) is 2.76. The van der Waals surface area contributed by atoms with Crippen LogP contribution in [0, 0.1) is 0 Å². The van der Waals surface area contributed by atoms with Gasteiger partial charge in [0.1, 0.15) is 11.3 Å². The molecule has 0 unspecified atom stereocenters. The largest absolute Gasteiger partial charge is 0.456 e. The lowest BCUT2D eigenvalue weighted by molar-refractivity contribution is 0.619. The number of nitrogen functional groups attached to an aromatic ring is 1. The smallest absolute Gasteiger partial charge is 0.193 e. The monoisotopic (exact) mass is 271 g/mol. The second-order valence-corrected chi connectivity index (χ2v) is 4.62. The van der Waals surface area contributed by atoms with Gasteiger partial charge in [0.15, 0.2) is 5.43 Å². The van der Waals surface area contributed by atoms with Crippen LogP contribution in [0.1, 0.15) is 0 Å². The molecule has 3 rings (SSSR count). The van der Waals surface area contributed by atoms with Crippen molar-refractivity contribution in [3.8, 4) is 11.3 Å². The lowest BCUT2D eigenvalue weighted by atomic mass is 10.1. The summed E-state index contributed by atoms with van der Waals surface area (Å²) in [5.74, 6) is 0.452. The van der Waals surface area contributed by atoms with Crippen LogP contribution in [0.15, 0.2) is 57.7 Å². The molecule has 0 saturated carbocycles. The molecular formula is C15H10ClNO2. The Hall–Kier alpha value is -2.26. The van der Waals surface area contributed by atoms with Gasteiger partial charge in [-0.3, -0.25) is 4.79 Å². The molecule has 0 bridgehead atoms. The molecule has 3 nitrogen and oxygen atoms in total. The first-order valence-corrected chi connectivity index (χ1v) is 6.11. The second-order valence-electron chi connectivity index (χ2n) is 4.21. The maximum atomic E-state index is 12.1. The molecule has 0 amide bonds. The third kappa shape index (κ3) is 2.09. The highest BCUT2D eigenvalue weighted by Gasteiger charge is 2.09. The molecule has 1 aromatic heterocycles. The van der Waals surface area contributed by atoms with Crippen molar-refractivity contribution in [3.05, 3.63) is 63.8 Å². The van der Waals surface area contributed by atoms with Crippen LogP contribution in [0.2, 0.25) is 5.02 Å². The molecule has 3 aromatic rings. The topological polar surface area (TPSA) is 56.2 Å². The summed E-state index contributed by atoms with van der Waals surface area (Å²) in [5.41, 5.74) is 7.25. The predicted octanol–water partition coefficient (Wildman–Crippen LogP) is 3.70. The Morgan fingerprint density at radius 2 is 1.84 bits per heavy atom. The van der Waals surface area contributed by atoms with Crippen molar-refractivity contribution in [3.63, 3.8) is 0 Å². The molecule has 2 N–H and O–H groups in total. The van der Waals surface area contributed by atoms with E-state index < -0.39 is 0 Å². The summed E-state index contributed by atoms with van der Waals surface area (Å²) < 4.78 is 5.72. The number of anilines is 1. The van der Waals surface area contributed by atoms with Gasteiger partial charge in [0.25, 0.3) is 0 Å². The normalized spacial score (nSPS) is 10.8. The average molecular weight is 272 g/mol. The molecule has 1 heterocycles. The van der Waals surface area contributed by atoms with Crippen LogP contribution in [-0.2, 0) is 0 Å². The molecule has 94 valence electrons. The first-order chi connectivity index (χ1) is 9.15. The molecular weight excluding hydrogens is 262 g/mol. The lowest BCUT2D eigenvalue weighted by Gasteiger charge is -2.05. The van der Waals surface area contributed by atoms with Crippen LogP contribution in [0.3, 0.4) is 0 Å². The van der Waals surface area contributed by atoms with Gasteiger partial charge < -0.3 is 10.2 Å². The third-order valence-corrected chi connectivity index (χ3v) is 3.22. The number of hydrogen-bond donors (Lipinski definition) is 1. The molecule has 0 atom stereocenters. The van der Waals surface area contributed by atoms with Gasteiger partial charge in [-0.05, 0) is 30.3 Å². The van der Waals surface area contributed by atoms with E-state index >= 15 is 0 Å². The molecule has 0 radical (unpaired) electrons. The molecule has 0 aliphatic heterocycles. The van der Waals surface area contributed by atoms with Gasteiger partial charge in [0.05, 0.1) is 10.4 Å². The van der Waals surface area contributed by atoms with Crippen molar-refractivity contribution in [2.75, 3.05) is 5.73 Å². The summed E-state index contributed by atoms with van der Waals surface area (Å²) in [7, 11) is 0. The highest BCUT2D eigenvalue weighted by atomic mass is 35.5. The van der Waals surface area contributed by atoms with Gasteiger partial charge in [0, 0.05) is 17.3 Å². The van der Waals surface area contributed by atoms with E-state index in [9.17, 15) is 4.79 Å². The fourth-order valence-electron chi connectivity index (χ4n) is 1.97. The summed E-state index contributed by atoms with van der Waals surface area (Å²) in [6.07, 6.45) is 0. The zero-order valence-electron chi connectivity index (χ0n) is 9.89. The van der Waals surface area contributed by atoms with Crippen LogP contribution >= 0.6 is 11.6 Å². The number of rotatable bonds is 1. The number of nitrogens with two attached hydrogens (primary N) is 1. The SMILES string of the molecule is Nc1ccc2oc(-c3ccccc3Cl)cc(=O)c2c1. The van der Waals surface area contributed by atoms with Crippen LogP contribution in [-0.4, -0.2) is 0 Å². The zero-order valence-corrected chi connectivity index (χ0v) is 10.6. The van der Waals surface area contributed by atoms with Crippen LogP contribution in [0.25, 0.3) is 22.3 Å². The first-order valence-electron chi connectivity index (χ1n) is 5.73. The third-order valence-electron chi connectivity index (χ3n) is 2.89. The van der Waals surface area contributed by atoms with Gasteiger partial charge >= 0.3 is 0 Å². The van der Waals surface area contributed by atoms with Crippen molar-refractivity contribution in [2.24, 2.45) is 0 Å². The highest BCUT2D eigenvalue weighted by molar-refractivity contribution is 6.33. The van der Waals surface area contributed by atoms with E-state index in [2.05, 4.69) is 0 Å². The standard InChI is InChI=1S/C15H10ClNO2/c16-12-4-2-1-3-10(12)15-8-13(18)11-7-9(17)5-6-14(11)19-15/h1-8H,17H2. The predicted molar refractivity (Wildman–Crippen MR) is 77.3 cm³/mol. The van der Waals surface area contributed by atoms with Crippen molar-refractivity contribution in [1.29, 1.82) is 0 Å². The molecule has 0 aliphatic carbocycles. The Labute approximate surface area is 114 Å². The summed E-state index contributed by atoms with van der Waals surface area (Å²) in [6.45, 7) is 0. The Morgan fingerprint density at radius 1 is 1.05 bits per heavy atom. The lowest BCUT2D eigenvalue weighted by Crippen LogP contribution is -2.01. The number of hydrogen-bond acceptors (Lipinski definition) is 3.